The summed E-state index contributed by atoms with van der Waals surface area (Å²) in [5.74, 6) is -0.767. The largest absolute Gasteiger partial charge is 0.464 e. The van der Waals surface area contributed by atoms with Gasteiger partial charge < -0.3 is 15.0 Å². The molecule has 0 aliphatic heterocycles. The Bertz CT molecular complexity index is 822. The van der Waals surface area contributed by atoms with Gasteiger partial charge in [-0.25, -0.2) is 4.79 Å². The number of nitrogens with two attached hydrogens (primary N) is 1. The smallest absolute Gasteiger partial charge is 0.357 e. The van der Waals surface area contributed by atoms with E-state index < -0.39 is 10.9 Å². The number of nitrogens with zero attached hydrogens (tertiary/aromatic N) is 3. The van der Waals surface area contributed by atoms with Gasteiger partial charge in [0.25, 0.3) is 5.69 Å². The van der Waals surface area contributed by atoms with E-state index in [-0.39, 0.29) is 33.3 Å². The van der Waals surface area contributed by atoms with Crippen molar-refractivity contribution in [1.29, 1.82) is 5.26 Å². The maximum atomic E-state index is 11.9. The Morgan fingerprint density at radius 2 is 2.23 bits per heavy atom. The van der Waals surface area contributed by atoms with E-state index in [1.807, 2.05) is 6.07 Å². The summed E-state index contributed by atoms with van der Waals surface area (Å²) in [5.41, 5.74) is 5.58. The molecule has 2 aromatic rings. The van der Waals surface area contributed by atoms with Crippen molar-refractivity contribution < 1.29 is 14.5 Å². The minimum atomic E-state index is -0.767. The van der Waals surface area contributed by atoms with Crippen LogP contribution in [0.25, 0.3) is 5.69 Å². The summed E-state index contributed by atoms with van der Waals surface area (Å²) >= 11 is 5.75. The molecule has 2 N–H and O–H groups in total. The molecule has 0 unspecified atom stereocenters. The number of carbonyl (C=O) groups is 1. The topological polar surface area (TPSA) is 124 Å². The molecule has 0 aliphatic carbocycles. The highest BCUT2D eigenvalue weighted by atomic mass is 35.5. The van der Waals surface area contributed by atoms with E-state index in [0.29, 0.717) is 0 Å². The van der Waals surface area contributed by atoms with Gasteiger partial charge in [-0.15, -0.1) is 0 Å². The lowest BCUT2D eigenvalue weighted by molar-refractivity contribution is -0.384. The number of halogens is 1. The minimum Gasteiger partial charge on any atom is -0.464 e. The van der Waals surface area contributed by atoms with Crippen molar-refractivity contribution in [3.8, 4) is 11.8 Å². The van der Waals surface area contributed by atoms with Crippen LogP contribution in [0, 0.1) is 21.4 Å². The van der Waals surface area contributed by atoms with Gasteiger partial charge in [0.1, 0.15) is 11.1 Å². The molecule has 0 bridgehead atoms. The third-order valence-electron chi connectivity index (χ3n) is 2.95. The van der Waals surface area contributed by atoms with Gasteiger partial charge in [-0.05, 0) is 12.1 Å². The van der Waals surface area contributed by atoms with Gasteiger partial charge >= 0.3 is 5.97 Å². The number of methoxy groups -OCH3 is 1. The number of hydrogen-bond acceptors (Lipinski definition) is 6. The molecule has 9 heteroatoms. The first kappa shape index (κ1) is 15.3. The van der Waals surface area contributed by atoms with Crippen molar-refractivity contribution in [3.05, 3.63) is 50.8 Å². The second-order valence-corrected chi connectivity index (χ2v) is 4.58. The van der Waals surface area contributed by atoms with E-state index in [1.165, 1.54) is 29.0 Å². The number of rotatable bonds is 3. The van der Waals surface area contributed by atoms with Crippen molar-refractivity contribution >= 4 is 28.9 Å². The molecule has 1 aromatic carbocycles. The third-order valence-corrected chi connectivity index (χ3v) is 3.27. The second-order valence-electron chi connectivity index (χ2n) is 4.17. The fourth-order valence-electron chi connectivity index (χ4n) is 1.91. The molecule has 22 heavy (non-hydrogen) atoms. The zero-order valence-corrected chi connectivity index (χ0v) is 12.0. The summed E-state index contributed by atoms with van der Waals surface area (Å²) in [4.78, 5) is 22.2. The maximum absolute atomic E-state index is 11.9. The first-order valence-corrected chi connectivity index (χ1v) is 6.22. The molecule has 0 saturated carbocycles. The summed E-state index contributed by atoms with van der Waals surface area (Å²) in [5, 5.41) is 19.9. The van der Waals surface area contributed by atoms with Crippen LogP contribution in [0.3, 0.4) is 0 Å². The van der Waals surface area contributed by atoms with Gasteiger partial charge in [-0.1, -0.05) is 11.6 Å². The van der Waals surface area contributed by atoms with Crippen LogP contribution in [0.2, 0.25) is 5.02 Å². The van der Waals surface area contributed by atoms with Crippen molar-refractivity contribution in [2.45, 2.75) is 0 Å². The summed E-state index contributed by atoms with van der Waals surface area (Å²) in [6.45, 7) is 0. The van der Waals surface area contributed by atoms with Crippen LogP contribution >= 0.6 is 11.6 Å². The molecule has 1 heterocycles. The zero-order valence-electron chi connectivity index (χ0n) is 11.2. The Labute approximate surface area is 129 Å². The lowest BCUT2D eigenvalue weighted by Gasteiger charge is -2.08. The Balaban J connectivity index is 2.73. The molecular weight excluding hydrogens is 312 g/mol. The van der Waals surface area contributed by atoms with Crippen LogP contribution < -0.4 is 5.73 Å². The molecule has 1 aromatic heterocycles. The van der Waals surface area contributed by atoms with E-state index in [0.717, 1.165) is 7.11 Å². The van der Waals surface area contributed by atoms with Gasteiger partial charge in [0.2, 0.25) is 0 Å². The third kappa shape index (κ3) is 2.45. The summed E-state index contributed by atoms with van der Waals surface area (Å²) < 4.78 is 5.88. The highest BCUT2D eigenvalue weighted by molar-refractivity contribution is 6.32. The monoisotopic (exact) mass is 320 g/mol. The average molecular weight is 321 g/mol. The van der Waals surface area contributed by atoms with E-state index in [1.54, 1.807) is 0 Å². The Hall–Kier alpha value is -3.05. The second kappa shape index (κ2) is 5.75. The molecule has 0 aliphatic rings. The molecule has 0 radical (unpaired) electrons. The number of aromatic nitrogens is 1. The van der Waals surface area contributed by atoms with Crippen molar-refractivity contribution in [3.63, 3.8) is 0 Å². The molecule has 0 spiro atoms. The van der Waals surface area contributed by atoms with Gasteiger partial charge in [0.15, 0.2) is 5.69 Å². The number of esters is 1. The van der Waals surface area contributed by atoms with Crippen LogP contribution in [0.1, 0.15) is 16.1 Å². The van der Waals surface area contributed by atoms with Gasteiger partial charge in [-0.2, -0.15) is 5.26 Å². The highest BCUT2D eigenvalue weighted by Crippen LogP contribution is 2.30. The number of nitriles is 1. The van der Waals surface area contributed by atoms with Crippen molar-refractivity contribution in [2.75, 3.05) is 12.8 Å². The van der Waals surface area contributed by atoms with Crippen LogP contribution in [0.5, 0.6) is 0 Å². The molecule has 0 atom stereocenters. The van der Waals surface area contributed by atoms with Gasteiger partial charge in [-0.3, -0.25) is 10.1 Å². The summed E-state index contributed by atoms with van der Waals surface area (Å²) in [6.07, 6.45) is 1.30. The Kier molecular flexibility index (Phi) is 4.01. The first-order chi connectivity index (χ1) is 10.4. The molecule has 0 amide bonds. The van der Waals surface area contributed by atoms with Crippen LogP contribution in [0.15, 0.2) is 24.4 Å². The zero-order chi connectivity index (χ0) is 16.4. The summed E-state index contributed by atoms with van der Waals surface area (Å²) in [6, 6.07) is 5.79. The quantitative estimate of drug-likeness (QED) is 0.525. The number of benzene rings is 1. The molecule has 0 saturated heterocycles. The fourth-order valence-corrected chi connectivity index (χ4v) is 2.10. The number of nitro benzene ring substituents is 1. The van der Waals surface area contributed by atoms with E-state index in [4.69, 9.17) is 22.6 Å². The molecular formula is C13H9ClN4O4. The number of anilines is 1. The lowest BCUT2D eigenvalue weighted by atomic mass is 10.2. The van der Waals surface area contributed by atoms with Gasteiger partial charge in [0, 0.05) is 12.3 Å². The first-order valence-electron chi connectivity index (χ1n) is 5.84. The number of carbonyl (C=O) groups excluding carboxylic acids is 1. The summed E-state index contributed by atoms with van der Waals surface area (Å²) in [7, 11) is 1.16. The number of nitro groups is 1. The van der Waals surface area contributed by atoms with Crippen molar-refractivity contribution in [1.82, 2.24) is 4.57 Å². The van der Waals surface area contributed by atoms with E-state index in [9.17, 15) is 14.9 Å². The normalized spacial score (nSPS) is 10.0. The average Bonchev–Trinajstić information content (AvgIpc) is 2.83. The number of nitrogen functional groups attached to an aromatic ring is 1. The standard InChI is InChI=1S/C13H9ClN4O4/c1-22-13(19)12-11(16)7(5-15)6-17(12)8-2-3-9(14)10(4-8)18(20)21/h2-4,6H,16H2,1H3. The number of hydrogen-bond donors (Lipinski definition) is 1. The SMILES string of the molecule is COC(=O)c1c(N)c(C#N)cn1-c1ccc(Cl)c([N+](=O)[O-])c1. The lowest BCUT2D eigenvalue weighted by Crippen LogP contribution is -2.11. The predicted molar refractivity (Wildman–Crippen MR) is 77.9 cm³/mol. The highest BCUT2D eigenvalue weighted by Gasteiger charge is 2.23. The molecule has 0 fully saturated rings. The Morgan fingerprint density at radius 1 is 1.55 bits per heavy atom. The van der Waals surface area contributed by atoms with E-state index >= 15 is 0 Å². The predicted octanol–water partition coefficient (Wildman–Crippen LogP) is 2.28. The van der Waals surface area contributed by atoms with Crippen LogP contribution in [0.4, 0.5) is 11.4 Å². The fraction of sp³-hybridized carbons (Fsp3) is 0.0769. The molecule has 2 rings (SSSR count). The maximum Gasteiger partial charge on any atom is 0.357 e. The van der Waals surface area contributed by atoms with Crippen LogP contribution in [-0.2, 0) is 4.74 Å². The Morgan fingerprint density at radius 3 is 2.77 bits per heavy atom. The molecule has 8 nitrogen and oxygen atoms in total. The van der Waals surface area contributed by atoms with E-state index in [2.05, 4.69) is 4.74 Å². The van der Waals surface area contributed by atoms with Crippen molar-refractivity contribution in [2.24, 2.45) is 0 Å². The van der Waals surface area contributed by atoms with Crippen LogP contribution in [-0.4, -0.2) is 22.6 Å². The minimum absolute atomic E-state index is 0.0472. The molecule has 112 valence electrons. The number of ether oxygens (including phenoxy) is 1. The van der Waals surface area contributed by atoms with Gasteiger partial charge in [0.05, 0.1) is 29.0 Å².